The number of hydrogen-bond acceptors (Lipinski definition) is 5. The van der Waals surface area contributed by atoms with Crippen LogP contribution in [0.3, 0.4) is 0 Å². The number of nitrogens with zero attached hydrogens (tertiary/aromatic N) is 1. The van der Waals surface area contributed by atoms with Crippen LogP contribution in [0.2, 0.25) is 5.02 Å². The molecule has 1 aromatic carbocycles. The fraction of sp³-hybridized carbons (Fsp3) is 0.357. The first kappa shape index (κ1) is 17.5. The molecule has 0 atom stereocenters. The molecule has 8 heteroatoms. The minimum atomic E-state index is -3.81. The number of ether oxygens (including phenoxy) is 1. The minimum Gasteiger partial charge on any atom is -0.493 e. The Bertz CT molecular complexity index is 772. The van der Waals surface area contributed by atoms with Gasteiger partial charge < -0.3 is 4.74 Å². The van der Waals surface area contributed by atoms with Crippen LogP contribution in [0.15, 0.2) is 22.4 Å². The Labute approximate surface area is 143 Å². The molecule has 0 unspecified atom stereocenters. The van der Waals surface area contributed by atoms with Crippen molar-refractivity contribution in [3.8, 4) is 16.3 Å². The molecule has 0 radical (unpaired) electrons. The number of thiazole rings is 1. The molecule has 0 amide bonds. The number of benzene rings is 1. The third-order valence-electron chi connectivity index (χ3n) is 2.90. The monoisotopic (exact) mass is 379 g/mol. The van der Waals surface area contributed by atoms with E-state index in [-0.39, 0.29) is 4.21 Å². The van der Waals surface area contributed by atoms with Crippen molar-refractivity contribution >= 4 is 42.7 Å². The Balaban J connectivity index is 2.45. The van der Waals surface area contributed by atoms with Gasteiger partial charge in [0, 0.05) is 15.7 Å². The van der Waals surface area contributed by atoms with Gasteiger partial charge in [0.25, 0.3) is 9.05 Å². The van der Waals surface area contributed by atoms with Crippen LogP contribution in [0, 0.1) is 6.92 Å². The highest BCUT2D eigenvalue weighted by Crippen LogP contribution is 2.38. The summed E-state index contributed by atoms with van der Waals surface area (Å²) < 4.78 is 28.9. The summed E-state index contributed by atoms with van der Waals surface area (Å²) in [5.41, 5.74) is 1.04. The molecule has 0 aliphatic rings. The Morgan fingerprint density at radius 1 is 1.36 bits per heavy atom. The van der Waals surface area contributed by atoms with Crippen molar-refractivity contribution in [1.82, 2.24) is 4.98 Å². The quantitative estimate of drug-likeness (QED) is 0.530. The zero-order valence-electron chi connectivity index (χ0n) is 12.1. The highest BCUT2D eigenvalue weighted by atomic mass is 35.7. The van der Waals surface area contributed by atoms with Crippen molar-refractivity contribution in [2.24, 2.45) is 0 Å². The van der Waals surface area contributed by atoms with Crippen molar-refractivity contribution in [2.45, 2.75) is 30.9 Å². The summed E-state index contributed by atoms with van der Waals surface area (Å²) in [5, 5.41) is 1.05. The lowest BCUT2D eigenvalue weighted by Crippen LogP contribution is -1.98. The van der Waals surface area contributed by atoms with Gasteiger partial charge in [0.2, 0.25) is 0 Å². The Morgan fingerprint density at radius 2 is 2.09 bits per heavy atom. The van der Waals surface area contributed by atoms with E-state index in [0.717, 1.165) is 24.2 Å². The molecule has 0 saturated heterocycles. The number of rotatable bonds is 6. The molecule has 0 aliphatic heterocycles. The average molecular weight is 380 g/mol. The molecule has 0 spiro atoms. The van der Waals surface area contributed by atoms with Crippen LogP contribution in [-0.4, -0.2) is 20.0 Å². The van der Waals surface area contributed by atoms with Crippen molar-refractivity contribution in [2.75, 3.05) is 6.61 Å². The van der Waals surface area contributed by atoms with E-state index < -0.39 is 9.05 Å². The Hall–Kier alpha value is -0.820. The second kappa shape index (κ2) is 7.17. The fourth-order valence-electron chi connectivity index (χ4n) is 1.85. The lowest BCUT2D eigenvalue weighted by molar-refractivity contribution is 0.310. The normalized spacial score (nSPS) is 11.6. The molecule has 22 heavy (non-hydrogen) atoms. The molecule has 120 valence electrons. The van der Waals surface area contributed by atoms with Gasteiger partial charge in [-0.2, -0.15) is 0 Å². The average Bonchev–Trinajstić information content (AvgIpc) is 2.82. The summed E-state index contributed by atoms with van der Waals surface area (Å²) in [5.74, 6) is 0.630. The SMILES string of the molecule is CCCCOc1ccc(Cl)cc1-c1nc(C)c(S(=O)(=O)Cl)s1. The molecule has 0 N–H and O–H groups in total. The molecule has 0 fully saturated rings. The zero-order chi connectivity index (χ0) is 16.3. The fourth-order valence-corrected chi connectivity index (χ4v) is 4.49. The minimum absolute atomic E-state index is 0.0450. The standard InChI is InChI=1S/C14H15Cl2NO3S2/c1-3-4-7-20-12-6-5-10(15)8-11(12)13-17-9(2)14(21-13)22(16,18)19/h5-6,8H,3-4,7H2,1-2H3. The van der Waals surface area contributed by atoms with E-state index in [0.29, 0.717) is 33.6 Å². The molecule has 0 saturated carbocycles. The van der Waals surface area contributed by atoms with Gasteiger partial charge in [0.1, 0.15) is 10.8 Å². The van der Waals surface area contributed by atoms with Crippen LogP contribution in [0.25, 0.3) is 10.6 Å². The van der Waals surface area contributed by atoms with Crippen LogP contribution in [0.5, 0.6) is 5.75 Å². The maximum atomic E-state index is 11.5. The van der Waals surface area contributed by atoms with Gasteiger partial charge in [-0.3, -0.25) is 0 Å². The predicted octanol–water partition coefficient (Wildman–Crippen LogP) is 4.88. The molecule has 2 aromatic rings. The van der Waals surface area contributed by atoms with E-state index in [2.05, 4.69) is 11.9 Å². The highest BCUT2D eigenvalue weighted by Gasteiger charge is 2.21. The number of aryl methyl sites for hydroxylation is 1. The first-order valence-corrected chi connectivity index (χ1v) is 10.2. The topological polar surface area (TPSA) is 56.3 Å². The molecule has 4 nitrogen and oxygen atoms in total. The van der Waals surface area contributed by atoms with Gasteiger partial charge in [0.15, 0.2) is 4.21 Å². The largest absolute Gasteiger partial charge is 0.493 e. The van der Waals surface area contributed by atoms with Crippen LogP contribution in [-0.2, 0) is 9.05 Å². The first-order valence-electron chi connectivity index (χ1n) is 6.67. The van der Waals surface area contributed by atoms with E-state index >= 15 is 0 Å². The molecule has 0 aliphatic carbocycles. The van der Waals surface area contributed by atoms with E-state index in [1.807, 2.05) is 0 Å². The van der Waals surface area contributed by atoms with Crippen LogP contribution >= 0.6 is 33.6 Å². The molecule has 1 aromatic heterocycles. The predicted molar refractivity (Wildman–Crippen MR) is 90.7 cm³/mol. The molecular weight excluding hydrogens is 365 g/mol. The second-order valence-corrected chi connectivity index (χ2v) is 8.87. The van der Waals surface area contributed by atoms with Crippen molar-refractivity contribution < 1.29 is 13.2 Å². The summed E-state index contributed by atoms with van der Waals surface area (Å²) in [4.78, 5) is 4.29. The highest BCUT2D eigenvalue weighted by molar-refractivity contribution is 8.15. The van der Waals surface area contributed by atoms with Gasteiger partial charge in [-0.1, -0.05) is 24.9 Å². The van der Waals surface area contributed by atoms with Crippen molar-refractivity contribution in [3.05, 3.63) is 28.9 Å². The first-order chi connectivity index (χ1) is 10.3. The lowest BCUT2D eigenvalue weighted by atomic mass is 10.2. The van der Waals surface area contributed by atoms with Crippen LogP contribution < -0.4 is 4.74 Å². The molecular formula is C14H15Cl2NO3S2. The summed E-state index contributed by atoms with van der Waals surface area (Å²) in [6.07, 6.45) is 1.95. The van der Waals surface area contributed by atoms with E-state index in [4.69, 9.17) is 27.0 Å². The maximum absolute atomic E-state index is 11.5. The van der Waals surface area contributed by atoms with E-state index in [9.17, 15) is 8.42 Å². The van der Waals surface area contributed by atoms with Gasteiger partial charge in [-0.25, -0.2) is 13.4 Å². The van der Waals surface area contributed by atoms with E-state index in [1.54, 1.807) is 25.1 Å². The summed E-state index contributed by atoms with van der Waals surface area (Å²) >= 11 is 7.05. The van der Waals surface area contributed by atoms with Gasteiger partial charge in [-0.05, 0) is 31.5 Å². The number of hydrogen-bond donors (Lipinski definition) is 0. The summed E-state index contributed by atoms with van der Waals surface area (Å²) in [7, 11) is 1.61. The third kappa shape index (κ3) is 4.13. The zero-order valence-corrected chi connectivity index (χ0v) is 15.2. The Morgan fingerprint density at radius 3 is 2.68 bits per heavy atom. The van der Waals surface area contributed by atoms with Gasteiger partial charge in [0.05, 0.1) is 17.9 Å². The van der Waals surface area contributed by atoms with Gasteiger partial charge >= 0.3 is 0 Å². The summed E-state index contributed by atoms with van der Waals surface area (Å²) in [6.45, 7) is 4.27. The lowest BCUT2D eigenvalue weighted by Gasteiger charge is -2.10. The number of halogens is 2. The van der Waals surface area contributed by atoms with E-state index in [1.165, 1.54) is 0 Å². The number of unbranched alkanes of at least 4 members (excludes halogenated alkanes) is 1. The molecule has 2 rings (SSSR count). The van der Waals surface area contributed by atoms with Crippen LogP contribution in [0.4, 0.5) is 0 Å². The molecule has 1 heterocycles. The van der Waals surface area contributed by atoms with Crippen molar-refractivity contribution in [3.63, 3.8) is 0 Å². The molecule has 0 bridgehead atoms. The van der Waals surface area contributed by atoms with Crippen LogP contribution in [0.1, 0.15) is 25.5 Å². The third-order valence-corrected chi connectivity index (χ3v) is 6.51. The maximum Gasteiger partial charge on any atom is 0.272 e. The second-order valence-electron chi connectivity index (χ2n) is 4.67. The number of aromatic nitrogens is 1. The smallest absolute Gasteiger partial charge is 0.272 e. The van der Waals surface area contributed by atoms with Gasteiger partial charge in [-0.15, -0.1) is 11.3 Å². The Kier molecular flexibility index (Phi) is 5.71. The van der Waals surface area contributed by atoms with Crippen molar-refractivity contribution in [1.29, 1.82) is 0 Å². The summed E-state index contributed by atoms with van der Waals surface area (Å²) in [6, 6.07) is 5.21.